The van der Waals surface area contributed by atoms with Crippen molar-refractivity contribution in [2.24, 2.45) is 0 Å². The second kappa shape index (κ2) is 7.55. The van der Waals surface area contributed by atoms with Gasteiger partial charge in [-0.25, -0.2) is 13.9 Å². The minimum absolute atomic E-state index is 0.0489. The number of rotatable bonds is 5. The SMILES string of the molecule is Cc1nn(-c2ccc(F)cc2)c(Cl)c1C(=O)OCc1ccc([N+](=O)[O-])cc1. The molecule has 0 unspecified atom stereocenters. The van der Waals surface area contributed by atoms with Crippen molar-refractivity contribution in [2.75, 3.05) is 0 Å². The van der Waals surface area contributed by atoms with Crippen molar-refractivity contribution in [1.82, 2.24) is 9.78 Å². The number of carbonyl (C=O) groups excluding carboxylic acids is 1. The number of hydrogen-bond acceptors (Lipinski definition) is 5. The number of esters is 1. The summed E-state index contributed by atoms with van der Waals surface area (Å²) in [4.78, 5) is 22.5. The molecule has 0 radical (unpaired) electrons. The molecule has 7 nitrogen and oxygen atoms in total. The van der Waals surface area contributed by atoms with Gasteiger partial charge in [-0.3, -0.25) is 10.1 Å². The molecule has 0 atom stereocenters. The van der Waals surface area contributed by atoms with Gasteiger partial charge in [-0.05, 0) is 48.9 Å². The Hall–Kier alpha value is -3.26. The number of hydrogen-bond donors (Lipinski definition) is 0. The van der Waals surface area contributed by atoms with Crippen molar-refractivity contribution >= 4 is 23.3 Å². The van der Waals surface area contributed by atoms with Crippen molar-refractivity contribution < 1.29 is 18.8 Å². The Morgan fingerprint density at radius 2 is 1.85 bits per heavy atom. The quantitative estimate of drug-likeness (QED) is 0.370. The van der Waals surface area contributed by atoms with Gasteiger partial charge in [-0.1, -0.05) is 11.6 Å². The number of aryl methyl sites for hydroxylation is 1. The van der Waals surface area contributed by atoms with E-state index in [1.54, 1.807) is 6.92 Å². The summed E-state index contributed by atoms with van der Waals surface area (Å²) in [6, 6.07) is 11.1. The number of non-ortho nitro benzene ring substituents is 1. The van der Waals surface area contributed by atoms with Crippen molar-refractivity contribution in [1.29, 1.82) is 0 Å². The lowest BCUT2D eigenvalue weighted by atomic mass is 10.2. The van der Waals surface area contributed by atoms with Crippen LogP contribution in [0.5, 0.6) is 0 Å². The molecule has 0 aliphatic rings. The Labute approximate surface area is 158 Å². The molecule has 0 bridgehead atoms. The van der Waals surface area contributed by atoms with Gasteiger partial charge in [0.1, 0.15) is 23.1 Å². The number of benzene rings is 2. The van der Waals surface area contributed by atoms with Crippen LogP contribution in [0.1, 0.15) is 21.6 Å². The van der Waals surface area contributed by atoms with Crippen molar-refractivity contribution in [3.63, 3.8) is 0 Å². The third kappa shape index (κ3) is 3.95. The van der Waals surface area contributed by atoms with Crippen molar-refractivity contribution in [3.8, 4) is 5.69 Å². The van der Waals surface area contributed by atoms with Crippen LogP contribution in [0.25, 0.3) is 5.69 Å². The van der Waals surface area contributed by atoms with Crippen LogP contribution in [0, 0.1) is 22.9 Å². The summed E-state index contributed by atoms with van der Waals surface area (Å²) in [6.07, 6.45) is 0. The first kappa shape index (κ1) is 18.5. The highest BCUT2D eigenvalue weighted by Gasteiger charge is 2.22. The average molecular weight is 390 g/mol. The highest BCUT2D eigenvalue weighted by molar-refractivity contribution is 6.33. The zero-order chi connectivity index (χ0) is 19.6. The largest absolute Gasteiger partial charge is 0.457 e. The molecule has 0 aliphatic heterocycles. The number of halogens is 2. The fourth-order valence-corrected chi connectivity index (χ4v) is 2.77. The highest BCUT2D eigenvalue weighted by atomic mass is 35.5. The molecule has 0 spiro atoms. The second-order valence-electron chi connectivity index (χ2n) is 5.64. The summed E-state index contributed by atoms with van der Waals surface area (Å²) in [5.41, 5.74) is 1.50. The molecule has 0 N–H and O–H groups in total. The molecule has 0 aliphatic carbocycles. The molecule has 9 heteroatoms. The molecule has 2 aromatic carbocycles. The molecule has 0 saturated heterocycles. The van der Waals surface area contributed by atoms with E-state index in [4.69, 9.17) is 16.3 Å². The van der Waals surface area contributed by atoms with Crippen LogP contribution >= 0.6 is 11.6 Å². The molecule has 27 heavy (non-hydrogen) atoms. The molecule has 3 rings (SSSR count). The van der Waals surface area contributed by atoms with E-state index in [9.17, 15) is 19.3 Å². The Morgan fingerprint density at radius 3 is 2.44 bits per heavy atom. The van der Waals surface area contributed by atoms with Crippen LogP contribution in [-0.2, 0) is 11.3 Å². The first-order chi connectivity index (χ1) is 12.9. The number of nitro benzene ring substituents is 1. The first-order valence-corrected chi connectivity index (χ1v) is 8.16. The predicted octanol–water partition coefficient (Wildman–Crippen LogP) is 4.24. The van der Waals surface area contributed by atoms with E-state index in [0.717, 1.165) is 0 Å². The standard InChI is InChI=1S/C18H13ClFN3O4/c1-11-16(17(19)22(21-11)14-8-4-13(20)5-9-14)18(24)27-10-12-2-6-15(7-3-12)23(25)26/h2-9H,10H2,1H3. The Balaban J connectivity index is 1.77. The topological polar surface area (TPSA) is 87.3 Å². The van der Waals surface area contributed by atoms with Crippen LogP contribution in [-0.4, -0.2) is 20.7 Å². The summed E-state index contributed by atoms with van der Waals surface area (Å²) >= 11 is 6.27. The van der Waals surface area contributed by atoms with E-state index >= 15 is 0 Å². The van der Waals surface area contributed by atoms with Gasteiger partial charge >= 0.3 is 5.97 Å². The van der Waals surface area contributed by atoms with Gasteiger partial charge < -0.3 is 4.74 Å². The number of aromatic nitrogens is 2. The lowest BCUT2D eigenvalue weighted by molar-refractivity contribution is -0.384. The average Bonchev–Trinajstić information content (AvgIpc) is 2.95. The van der Waals surface area contributed by atoms with Crippen LogP contribution < -0.4 is 0 Å². The first-order valence-electron chi connectivity index (χ1n) is 7.78. The lowest BCUT2D eigenvalue weighted by Crippen LogP contribution is -2.07. The molecule has 3 aromatic rings. The van der Waals surface area contributed by atoms with E-state index in [1.165, 1.54) is 53.2 Å². The summed E-state index contributed by atoms with van der Waals surface area (Å²) < 4.78 is 19.6. The van der Waals surface area contributed by atoms with Gasteiger partial charge in [0.2, 0.25) is 0 Å². The van der Waals surface area contributed by atoms with Gasteiger partial charge in [-0.2, -0.15) is 5.10 Å². The minimum atomic E-state index is -0.677. The normalized spacial score (nSPS) is 10.6. The fraction of sp³-hybridized carbons (Fsp3) is 0.111. The molecule has 0 fully saturated rings. The van der Waals surface area contributed by atoms with E-state index in [-0.39, 0.29) is 23.0 Å². The van der Waals surface area contributed by atoms with Gasteiger partial charge in [0, 0.05) is 12.1 Å². The number of nitrogens with zero attached hydrogens (tertiary/aromatic N) is 3. The number of nitro groups is 1. The highest BCUT2D eigenvalue weighted by Crippen LogP contribution is 2.25. The fourth-order valence-electron chi connectivity index (χ4n) is 2.42. The van der Waals surface area contributed by atoms with Crippen molar-refractivity contribution in [3.05, 3.63) is 86.4 Å². The third-order valence-corrected chi connectivity index (χ3v) is 4.15. The number of ether oxygens (including phenoxy) is 1. The number of carbonyl (C=O) groups is 1. The third-order valence-electron chi connectivity index (χ3n) is 3.80. The van der Waals surface area contributed by atoms with Gasteiger partial charge in [-0.15, -0.1) is 0 Å². The van der Waals surface area contributed by atoms with Crippen LogP contribution in [0.3, 0.4) is 0 Å². The molecular weight excluding hydrogens is 377 g/mol. The van der Waals surface area contributed by atoms with Gasteiger partial charge in [0.15, 0.2) is 0 Å². The maximum Gasteiger partial charge on any atom is 0.343 e. The van der Waals surface area contributed by atoms with Crippen LogP contribution in [0.15, 0.2) is 48.5 Å². The van der Waals surface area contributed by atoms with Crippen LogP contribution in [0.2, 0.25) is 5.15 Å². The van der Waals surface area contributed by atoms with E-state index < -0.39 is 16.7 Å². The lowest BCUT2D eigenvalue weighted by Gasteiger charge is -2.05. The smallest absolute Gasteiger partial charge is 0.343 e. The molecule has 0 amide bonds. The predicted molar refractivity (Wildman–Crippen MR) is 95.5 cm³/mol. The minimum Gasteiger partial charge on any atom is -0.457 e. The monoisotopic (exact) mass is 389 g/mol. The summed E-state index contributed by atoms with van der Waals surface area (Å²) in [6.45, 7) is 1.53. The molecular formula is C18H13ClFN3O4. The maximum atomic E-state index is 13.1. The van der Waals surface area contributed by atoms with Gasteiger partial charge in [0.05, 0.1) is 16.3 Å². The van der Waals surface area contributed by atoms with Gasteiger partial charge in [0.25, 0.3) is 5.69 Å². The second-order valence-corrected chi connectivity index (χ2v) is 6.00. The zero-order valence-corrected chi connectivity index (χ0v) is 14.8. The van der Waals surface area contributed by atoms with Crippen LogP contribution in [0.4, 0.5) is 10.1 Å². The molecule has 0 saturated carbocycles. The summed E-state index contributed by atoms with van der Waals surface area (Å²) in [7, 11) is 0. The maximum absolute atomic E-state index is 13.1. The summed E-state index contributed by atoms with van der Waals surface area (Å²) in [5, 5.41) is 14.9. The van der Waals surface area contributed by atoms with E-state index in [0.29, 0.717) is 16.9 Å². The van der Waals surface area contributed by atoms with E-state index in [1.807, 2.05) is 0 Å². The van der Waals surface area contributed by atoms with Crippen molar-refractivity contribution in [2.45, 2.75) is 13.5 Å². The zero-order valence-electron chi connectivity index (χ0n) is 14.1. The molecule has 1 aromatic heterocycles. The Kier molecular flexibility index (Phi) is 5.18. The molecule has 1 heterocycles. The molecule has 138 valence electrons. The Morgan fingerprint density at radius 1 is 1.22 bits per heavy atom. The Bertz CT molecular complexity index is 1000. The summed E-state index contributed by atoms with van der Waals surface area (Å²) in [5.74, 6) is -1.08. The van der Waals surface area contributed by atoms with E-state index in [2.05, 4.69) is 5.10 Å².